The van der Waals surface area contributed by atoms with Gasteiger partial charge in [-0.1, -0.05) is 20.3 Å². The van der Waals surface area contributed by atoms with Gasteiger partial charge in [0.25, 0.3) is 0 Å². The SMILES string of the molecule is CC[C@H](C)[C@H](NC(=O)Oc1c(F)cc(-c2nc(-c3ccc(N4CCCC4)cc3)ns2)cc1C=O)C(O)O. The molecule has 37 heavy (non-hydrogen) atoms. The second kappa shape index (κ2) is 11.8. The van der Waals surface area contributed by atoms with Gasteiger partial charge in [-0.15, -0.1) is 0 Å². The summed E-state index contributed by atoms with van der Waals surface area (Å²) in [5.41, 5.74) is 2.09. The predicted molar refractivity (Wildman–Crippen MR) is 138 cm³/mol. The van der Waals surface area contributed by atoms with Crippen molar-refractivity contribution in [1.82, 2.24) is 14.7 Å². The number of aromatic nitrogens is 2. The molecule has 1 aliphatic rings. The molecule has 1 aliphatic heterocycles. The molecule has 1 fully saturated rings. The summed E-state index contributed by atoms with van der Waals surface area (Å²) in [7, 11) is 0. The first-order valence-corrected chi connectivity index (χ1v) is 12.9. The molecule has 1 saturated heterocycles. The highest BCUT2D eigenvalue weighted by Crippen LogP contribution is 2.32. The molecule has 9 nitrogen and oxygen atoms in total. The van der Waals surface area contributed by atoms with E-state index in [4.69, 9.17) is 4.74 Å². The van der Waals surface area contributed by atoms with Crippen molar-refractivity contribution < 1.29 is 28.9 Å². The molecular formula is C26H29FN4O5S. The van der Waals surface area contributed by atoms with Crippen LogP contribution in [0, 0.1) is 11.7 Å². The molecule has 1 aromatic heterocycles. The third-order valence-electron chi connectivity index (χ3n) is 6.53. The van der Waals surface area contributed by atoms with Gasteiger partial charge in [0.1, 0.15) is 5.01 Å². The highest BCUT2D eigenvalue weighted by Gasteiger charge is 2.27. The maximum absolute atomic E-state index is 15.0. The molecular weight excluding hydrogens is 499 g/mol. The highest BCUT2D eigenvalue weighted by atomic mass is 32.1. The van der Waals surface area contributed by atoms with Crippen LogP contribution in [0.15, 0.2) is 36.4 Å². The Morgan fingerprint density at radius 2 is 1.92 bits per heavy atom. The molecule has 3 N–H and O–H groups in total. The number of carbonyl (C=O) groups is 2. The predicted octanol–water partition coefficient (Wildman–Crippen LogP) is 4.24. The van der Waals surface area contributed by atoms with Gasteiger partial charge < -0.3 is 25.2 Å². The van der Waals surface area contributed by atoms with Crippen molar-refractivity contribution in [3.8, 4) is 27.7 Å². The normalized spacial score (nSPS) is 15.0. The van der Waals surface area contributed by atoms with Gasteiger partial charge in [0, 0.05) is 29.9 Å². The molecule has 2 atom stereocenters. The molecule has 2 aromatic carbocycles. The number of rotatable bonds is 9. The highest BCUT2D eigenvalue weighted by molar-refractivity contribution is 7.09. The van der Waals surface area contributed by atoms with Gasteiger partial charge in [0.15, 0.2) is 30.0 Å². The lowest BCUT2D eigenvalue weighted by Gasteiger charge is -2.25. The van der Waals surface area contributed by atoms with Crippen LogP contribution >= 0.6 is 11.5 Å². The number of amides is 1. The minimum atomic E-state index is -1.83. The van der Waals surface area contributed by atoms with E-state index in [0.717, 1.165) is 41.9 Å². The van der Waals surface area contributed by atoms with Gasteiger partial charge in [-0.3, -0.25) is 4.79 Å². The second-order valence-corrected chi connectivity index (χ2v) is 9.77. The Balaban J connectivity index is 1.51. The van der Waals surface area contributed by atoms with E-state index in [1.165, 1.54) is 18.9 Å². The number of carbonyl (C=O) groups excluding carboxylic acids is 2. The molecule has 0 saturated carbocycles. The summed E-state index contributed by atoms with van der Waals surface area (Å²) in [6.45, 7) is 5.63. The van der Waals surface area contributed by atoms with Crippen LogP contribution in [0.5, 0.6) is 5.75 Å². The number of hydrogen-bond acceptors (Lipinski definition) is 9. The molecule has 0 radical (unpaired) electrons. The molecule has 0 bridgehead atoms. The van der Waals surface area contributed by atoms with Crippen molar-refractivity contribution >= 4 is 29.6 Å². The third kappa shape index (κ3) is 6.12. The zero-order valence-corrected chi connectivity index (χ0v) is 21.4. The summed E-state index contributed by atoms with van der Waals surface area (Å²) >= 11 is 1.06. The number of halogens is 1. The van der Waals surface area contributed by atoms with Gasteiger partial charge in [0.2, 0.25) is 0 Å². The fraction of sp³-hybridized carbons (Fsp3) is 0.385. The monoisotopic (exact) mass is 528 g/mol. The van der Waals surface area contributed by atoms with Crippen LogP contribution in [-0.2, 0) is 0 Å². The Morgan fingerprint density at radius 1 is 1.22 bits per heavy atom. The van der Waals surface area contributed by atoms with Gasteiger partial charge in [-0.2, -0.15) is 4.37 Å². The molecule has 0 aliphatic carbocycles. The van der Waals surface area contributed by atoms with E-state index < -0.39 is 30.0 Å². The zero-order chi connectivity index (χ0) is 26.5. The van der Waals surface area contributed by atoms with Crippen molar-refractivity contribution in [3.05, 3.63) is 47.8 Å². The van der Waals surface area contributed by atoms with Crippen molar-refractivity contribution in [2.75, 3.05) is 18.0 Å². The summed E-state index contributed by atoms with van der Waals surface area (Å²) < 4.78 is 24.4. The maximum Gasteiger partial charge on any atom is 0.413 e. The molecule has 0 spiro atoms. The quantitative estimate of drug-likeness (QED) is 0.278. The van der Waals surface area contributed by atoms with Crippen molar-refractivity contribution in [3.63, 3.8) is 0 Å². The Hall–Kier alpha value is -3.41. The number of aldehydes is 1. The van der Waals surface area contributed by atoms with Crippen LogP contribution in [-0.4, -0.2) is 57.4 Å². The number of aliphatic hydroxyl groups is 2. The van der Waals surface area contributed by atoms with Crippen LogP contribution in [0.25, 0.3) is 22.0 Å². The standard InChI is InChI=1S/C26H29FN4O5S/c1-3-15(2)21(25(33)34)28-26(35)36-22-18(14-32)12-17(13-20(22)27)24-29-23(30-37-24)16-6-8-19(9-7-16)31-10-4-5-11-31/h6-9,12-15,21,25,33-34H,3-5,10-11H2,1-2H3,(H,28,35)/t15-,21-/m0/s1. The van der Waals surface area contributed by atoms with Gasteiger partial charge in [0.05, 0.1) is 11.6 Å². The van der Waals surface area contributed by atoms with Gasteiger partial charge >= 0.3 is 6.09 Å². The number of aliphatic hydroxyl groups excluding tert-OH is 1. The molecule has 3 aromatic rings. The van der Waals surface area contributed by atoms with Crippen LogP contribution in [0.2, 0.25) is 0 Å². The summed E-state index contributed by atoms with van der Waals surface area (Å²) in [4.78, 5) is 30.9. The summed E-state index contributed by atoms with van der Waals surface area (Å²) in [6, 6.07) is 9.42. The number of anilines is 1. The Labute approximate surface area is 218 Å². The van der Waals surface area contributed by atoms with Crippen LogP contribution in [0.4, 0.5) is 14.9 Å². The van der Waals surface area contributed by atoms with E-state index in [-0.39, 0.29) is 11.5 Å². The first kappa shape index (κ1) is 26.6. The molecule has 1 amide bonds. The molecule has 196 valence electrons. The first-order valence-electron chi connectivity index (χ1n) is 12.1. The molecule has 4 rings (SSSR count). The second-order valence-electron chi connectivity index (χ2n) is 9.02. The van der Waals surface area contributed by atoms with E-state index in [9.17, 15) is 24.2 Å². The van der Waals surface area contributed by atoms with Gasteiger partial charge in [-0.05, 0) is 66.7 Å². The number of ether oxygens (including phenoxy) is 1. The fourth-order valence-corrected chi connectivity index (χ4v) is 4.88. The first-order chi connectivity index (χ1) is 17.8. The Morgan fingerprint density at radius 3 is 2.54 bits per heavy atom. The lowest BCUT2D eigenvalue weighted by atomic mass is 9.99. The number of nitrogens with zero attached hydrogens (tertiary/aromatic N) is 3. The third-order valence-corrected chi connectivity index (χ3v) is 7.29. The average molecular weight is 529 g/mol. The van der Waals surface area contributed by atoms with E-state index in [2.05, 4.69) is 19.6 Å². The van der Waals surface area contributed by atoms with E-state index in [0.29, 0.717) is 29.1 Å². The Kier molecular flexibility index (Phi) is 8.47. The van der Waals surface area contributed by atoms with Crippen molar-refractivity contribution in [2.45, 2.75) is 45.4 Å². The maximum atomic E-state index is 15.0. The summed E-state index contributed by atoms with van der Waals surface area (Å²) in [6.07, 6.45) is 0.374. The average Bonchev–Trinajstić information content (AvgIpc) is 3.61. The minimum Gasteiger partial charge on any atom is -0.406 e. The van der Waals surface area contributed by atoms with Crippen LogP contribution in [0.1, 0.15) is 43.5 Å². The molecule has 2 heterocycles. The molecule has 11 heteroatoms. The smallest absolute Gasteiger partial charge is 0.406 e. The molecule has 0 unspecified atom stereocenters. The van der Waals surface area contributed by atoms with Crippen LogP contribution < -0.4 is 15.0 Å². The zero-order valence-electron chi connectivity index (χ0n) is 20.6. The van der Waals surface area contributed by atoms with Gasteiger partial charge in [-0.25, -0.2) is 14.2 Å². The fourth-order valence-electron chi connectivity index (χ4n) is 4.21. The topological polar surface area (TPSA) is 125 Å². The number of benzene rings is 2. The van der Waals surface area contributed by atoms with E-state index in [1.54, 1.807) is 6.92 Å². The van der Waals surface area contributed by atoms with Crippen LogP contribution in [0.3, 0.4) is 0 Å². The number of hydrogen-bond donors (Lipinski definition) is 3. The van der Waals surface area contributed by atoms with E-state index >= 15 is 0 Å². The van der Waals surface area contributed by atoms with E-state index in [1.807, 2.05) is 31.2 Å². The lowest BCUT2D eigenvalue weighted by Crippen LogP contribution is -2.48. The largest absolute Gasteiger partial charge is 0.413 e. The van der Waals surface area contributed by atoms with Crippen molar-refractivity contribution in [2.24, 2.45) is 5.92 Å². The van der Waals surface area contributed by atoms with Crippen molar-refractivity contribution in [1.29, 1.82) is 0 Å². The minimum absolute atomic E-state index is 0.193. The number of nitrogens with one attached hydrogen (secondary N) is 1. The Bertz CT molecular complexity index is 1240. The summed E-state index contributed by atoms with van der Waals surface area (Å²) in [5.74, 6) is -1.30. The lowest BCUT2D eigenvalue weighted by molar-refractivity contribution is -0.0773. The summed E-state index contributed by atoms with van der Waals surface area (Å²) in [5, 5.41) is 21.8.